The predicted octanol–water partition coefficient (Wildman–Crippen LogP) is 14.5. The fourth-order valence-electron chi connectivity index (χ4n) is 8.59. The molecule has 0 saturated heterocycles. The van der Waals surface area contributed by atoms with Crippen LogP contribution in [0.15, 0.2) is 132 Å². The zero-order chi connectivity index (χ0) is 37.1. The first kappa shape index (κ1) is 34.9. The Morgan fingerprint density at radius 2 is 0.982 bits per heavy atom. The molecule has 0 radical (unpaired) electrons. The van der Waals surface area contributed by atoms with Gasteiger partial charge in [0.1, 0.15) is 11.2 Å². The summed E-state index contributed by atoms with van der Waals surface area (Å²) >= 11 is 0. The third-order valence-electron chi connectivity index (χ3n) is 11.3. The first-order valence-electron chi connectivity index (χ1n) is 20.3. The van der Waals surface area contributed by atoms with Crippen molar-refractivity contribution in [2.24, 2.45) is 0 Å². The van der Waals surface area contributed by atoms with Crippen LogP contribution in [0.3, 0.4) is 0 Å². The predicted molar refractivity (Wildman–Crippen MR) is 232 cm³/mol. The molecule has 9 rings (SSSR count). The summed E-state index contributed by atoms with van der Waals surface area (Å²) in [6.45, 7) is 4.57. The molecule has 4 nitrogen and oxygen atoms in total. The van der Waals surface area contributed by atoms with E-state index in [4.69, 9.17) is 19.4 Å². The van der Waals surface area contributed by atoms with Crippen LogP contribution < -0.4 is 0 Å². The van der Waals surface area contributed by atoms with Crippen LogP contribution in [0.25, 0.3) is 88.4 Å². The number of unbranched alkanes of at least 4 members (excludes halogenated alkanes) is 6. The van der Waals surface area contributed by atoms with E-state index in [1.54, 1.807) is 0 Å². The minimum atomic E-state index is 0.703. The normalized spacial score (nSPS) is 11.8. The van der Waals surface area contributed by atoms with Gasteiger partial charge in [-0.1, -0.05) is 156 Å². The van der Waals surface area contributed by atoms with Crippen molar-refractivity contribution in [2.45, 2.75) is 78.1 Å². The Kier molecular flexibility index (Phi) is 9.81. The number of aromatic nitrogens is 3. The van der Waals surface area contributed by atoms with E-state index in [0.717, 1.165) is 64.6 Å². The summed E-state index contributed by atoms with van der Waals surface area (Å²) in [6, 6.07) is 45.3. The lowest BCUT2D eigenvalue weighted by atomic mass is 9.83. The van der Waals surface area contributed by atoms with Gasteiger partial charge >= 0.3 is 0 Å². The van der Waals surface area contributed by atoms with Gasteiger partial charge < -0.3 is 4.42 Å². The second-order valence-corrected chi connectivity index (χ2v) is 15.0. The zero-order valence-corrected chi connectivity index (χ0v) is 31.9. The van der Waals surface area contributed by atoms with Crippen LogP contribution >= 0.6 is 0 Å². The number of fused-ring (bicyclic) bond motifs is 9. The van der Waals surface area contributed by atoms with Gasteiger partial charge in [0, 0.05) is 27.5 Å². The summed E-state index contributed by atoms with van der Waals surface area (Å²) in [6.07, 6.45) is 11.4. The average molecular weight is 718 g/mol. The van der Waals surface area contributed by atoms with E-state index < -0.39 is 0 Å². The Labute approximate surface area is 323 Å². The summed E-state index contributed by atoms with van der Waals surface area (Å²) < 4.78 is 6.54. The highest BCUT2D eigenvalue weighted by Gasteiger charge is 2.24. The van der Waals surface area contributed by atoms with Crippen LogP contribution in [-0.4, -0.2) is 15.0 Å². The van der Waals surface area contributed by atoms with Gasteiger partial charge in [-0.25, -0.2) is 15.0 Å². The molecule has 0 fully saturated rings. The Morgan fingerprint density at radius 3 is 1.65 bits per heavy atom. The summed E-state index contributed by atoms with van der Waals surface area (Å²) in [5, 5.41) is 9.97. The largest absolute Gasteiger partial charge is 0.456 e. The maximum absolute atomic E-state index is 6.54. The van der Waals surface area contributed by atoms with Crippen LogP contribution in [0.1, 0.15) is 76.3 Å². The molecule has 0 bridgehead atoms. The molecule has 0 saturated carbocycles. The van der Waals surface area contributed by atoms with Gasteiger partial charge in [-0.2, -0.15) is 0 Å². The first-order chi connectivity index (χ1) is 27.2. The van der Waals surface area contributed by atoms with Gasteiger partial charge in [-0.05, 0) is 93.4 Å². The van der Waals surface area contributed by atoms with Crippen molar-refractivity contribution in [2.75, 3.05) is 0 Å². The van der Waals surface area contributed by atoms with E-state index >= 15 is 0 Å². The molecule has 0 spiro atoms. The SMILES string of the molecule is CCCCCCc1cc2c3cc4oc5ccccc5c4cc3c3ccccc3c2c(CCCCCC)c1-c1nc(-c2ccccc2)nc(-c2ccccc2)n1. The van der Waals surface area contributed by atoms with E-state index in [1.165, 1.54) is 87.5 Å². The van der Waals surface area contributed by atoms with Crippen LogP contribution in [0.5, 0.6) is 0 Å². The van der Waals surface area contributed by atoms with Crippen LogP contribution in [0, 0.1) is 0 Å². The number of aryl methyl sites for hydroxylation is 2. The Hall–Kier alpha value is -5.87. The Bertz CT molecular complexity index is 2730. The maximum atomic E-state index is 6.54. The summed E-state index contributed by atoms with van der Waals surface area (Å²) in [5.74, 6) is 2.17. The van der Waals surface area contributed by atoms with Gasteiger partial charge in [-0.15, -0.1) is 0 Å². The fraction of sp³-hybridized carbons (Fsp3) is 0.235. The molecule has 0 unspecified atom stereocenters. The number of para-hydroxylation sites is 1. The average Bonchev–Trinajstić information content (AvgIpc) is 3.61. The van der Waals surface area contributed by atoms with Crippen LogP contribution in [0.2, 0.25) is 0 Å². The van der Waals surface area contributed by atoms with Crippen molar-refractivity contribution in [3.8, 4) is 34.2 Å². The molecule has 0 aliphatic heterocycles. The fourth-order valence-corrected chi connectivity index (χ4v) is 8.59. The number of benzene rings is 7. The molecule has 2 aromatic heterocycles. The van der Waals surface area contributed by atoms with Crippen molar-refractivity contribution in [3.05, 3.63) is 139 Å². The molecule has 55 heavy (non-hydrogen) atoms. The second-order valence-electron chi connectivity index (χ2n) is 15.0. The Morgan fingerprint density at radius 1 is 0.418 bits per heavy atom. The van der Waals surface area contributed by atoms with E-state index in [2.05, 4.69) is 129 Å². The topological polar surface area (TPSA) is 51.8 Å². The minimum absolute atomic E-state index is 0.703. The molecule has 0 amide bonds. The summed E-state index contributed by atoms with van der Waals surface area (Å²) in [5.41, 5.74) is 7.70. The summed E-state index contributed by atoms with van der Waals surface area (Å²) in [7, 11) is 0. The van der Waals surface area contributed by atoms with Gasteiger partial charge in [0.25, 0.3) is 0 Å². The third kappa shape index (κ3) is 6.65. The van der Waals surface area contributed by atoms with Gasteiger partial charge in [0.2, 0.25) is 0 Å². The molecular weight excluding hydrogens is 671 g/mol. The van der Waals surface area contributed by atoms with Crippen molar-refractivity contribution >= 4 is 54.3 Å². The highest BCUT2D eigenvalue weighted by atomic mass is 16.3. The number of rotatable bonds is 13. The van der Waals surface area contributed by atoms with Gasteiger partial charge in [0.15, 0.2) is 17.5 Å². The third-order valence-corrected chi connectivity index (χ3v) is 11.3. The molecular formula is C51H47N3O. The minimum Gasteiger partial charge on any atom is -0.456 e. The molecule has 0 atom stereocenters. The van der Waals surface area contributed by atoms with Crippen LogP contribution in [-0.2, 0) is 12.8 Å². The lowest BCUT2D eigenvalue weighted by molar-refractivity contribution is 0.663. The first-order valence-corrected chi connectivity index (χ1v) is 20.3. The highest BCUT2D eigenvalue weighted by Crippen LogP contribution is 2.45. The Balaban J connectivity index is 1.40. The van der Waals surface area contributed by atoms with Gasteiger partial charge in [-0.3, -0.25) is 0 Å². The standard InChI is InChI=1S/C51H47N3O/c1-3-5-7-11-25-36-31-44-42-33-46-43(38-27-19-20-30-45(38)55-46)32-41(42)37-26-17-18-28-39(37)48(44)40(29-16-8-6-4-2)47(36)51-53-49(34-21-12-9-13-22-34)52-50(54-51)35-23-14-10-15-24-35/h9-10,12-15,17-24,26-28,30-33H,3-8,11,16,25,29H2,1-2H3. The van der Waals surface area contributed by atoms with Crippen LogP contribution in [0.4, 0.5) is 0 Å². The lowest BCUT2D eigenvalue weighted by Crippen LogP contribution is -2.06. The molecule has 4 heteroatoms. The second kappa shape index (κ2) is 15.5. The quantitative estimate of drug-likeness (QED) is 0.0880. The summed E-state index contributed by atoms with van der Waals surface area (Å²) in [4.78, 5) is 15.9. The maximum Gasteiger partial charge on any atom is 0.164 e. The van der Waals surface area contributed by atoms with E-state index in [-0.39, 0.29) is 0 Å². The molecule has 272 valence electrons. The molecule has 2 heterocycles. The molecule has 0 aliphatic rings. The van der Waals surface area contributed by atoms with E-state index in [1.807, 2.05) is 12.1 Å². The van der Waals surface area contributed by atoms with E-state index in [0.29, 0.717) is 11.6 Å². The monoisotopic (exact) mass is 717 g/mol. The van der Waals surface area contributed by atoms with Gasteiger partial charge in [0.05, 0.1) is 0 Å². The molecule has 7 aromatic carbocycles. The highest BCUT2D eigenvalue weighted by molar-refractivity contribution is 6.29. The van der Waals surface area contributed by atoms with Crippen molar-refractivity contribution in [1.29, 1.82) is 0 Å². The number of hydrogen-bond donors (Lipinski definition) is 0. The van der Waals surface area contributed by atoms with Crippen molar-refractivity contribution in [3.63, 3.8) is 0 Å². The van der Waals surface area contributed by atoms with Crippen molar-refractivity contribution < 1.29 is 4.42 Å². The molecule has 9 aromatic rings. The molecule has 0 aliphatic carbocycles. The number of nitrogens with zero attached hydrogens (tertiary/aromatic N) is 3. The zero-order valence-electron chi connectivity index (χ0n) is 31.9. The number of furan rings is 1. The van der Waals surface area contributed by atoms with E-state index in [9.17, 15) is 0 Å². The van der Waals surface area contributed by atoms with Crippen molar-refractivity contribution in [1.82, 2.24) is 15.0 Å². The molecule has 0 N–H and O–H groups in total. The number of hydrogen-bond acceptors (Lipinski definition) is 4. The lowest BCUT2D eigenvalue weighted by Gasteiger charge is -2.21. The smallest absolute Gasteiger partial charge is 0.164 e.